The topological polar surface area (TPSA) is 121 Å². The Hall–Kier alpha value is -1.78. The highest BCUT2D eigenvalue weighted by atomic mass is 32.2. The molecule has 0 radical (unpaired) electrons. The fraction of sp³-hybridized carbons (Fsp3) is 0.706. The third-order valence-electron chi connectivity index (χ3n) is 5.56. The van der Waals surface area contributed by atoms with Crippen molar-refractivity contribution in [2.75, 3.05) is 19.7 Å². The van der Waals surface area contributed by atoms with Crippen LogP contribution < -0.4 is 4.72 Å². The first-order valence-corrected chi connectivity index (χ1v) is 10.8. The van der Waals surface area contributed by atoms with Crippen molar-refractivity contribution in [1.29, 1.82) is 0 Å². The van der Waals surface area contributed by atoms with Crippen LogP contribution in [0.25, 0.3) is 0 Å². The molecule has 1 aromatic rings. The summed E-state index contributed by atoms with van der Waals surface area (Å²) in [7, 11) is -3.24. The minimum Gasteiger partial charge on any atom is -0.373 e. The number of carbonyl (C=O) groups is 2. The highest BCUT2D eigenvalue weighted by Crippen LogP contribution is 2.36. The largest absolute Gasteiger partial charge is 0.373 e. The third kappa shape index (κ3) is 3.78. The first-order chi connectivity index (χ1) is 12.8. The van der Waals surface area contributed by atoms with Gasteiger partial charge >= 0.3 is 0 Å². The number of hydrogen-bond donors (Lipinski definition) is 2. The van der Waals surface area contributed by atoms with Gasteiger partial charge in [0.1, 0.15) is 11.4 Å². The number of hydrogen-bond acceptors (Lipinski definition) is 6. The SMILES string of the molecule is CC(=O)c1cc(C(=O)N2CC[C@@]3(C[C@H](NS(=O)(=O)C4CC4)CCO3)C2)[nH]n1. The maximum absolute atomic E-state index is 12.7. The van der Waals surface area contributed by atoms with Crippen molar-refractivity contribution in [3.63, 3.8) is 0 Å². The molecule has 1 aromatic heterocycles. The van der Waals surface area contributed by atoms with E-state index in [1.165, 1.54) is 13.0 Å². The monoisotopic (exact) mass is 396 g/mol. The summed E-state index contributed by atoms with van der Waals surface area (Å²) in [5.41, 5.74) is -0.0107. The fourth-order valence-electron chi connectivity index (χ4n) is 3.92. The highest BCUT2D eigenvalue weighted by molar-refractivity contribution is 7.90. The number of aromatic nitrogens is 2. The van der Waals surface area contributed by atoms with Crippen LogP contribution in [0.1, 0.15) is 60.0 Å². The molecule has 2 aliphatic heterocycles. The first kappa shape index (κ1) is 18.6. The number of amides is 1. The molecule has 2 atom stereocenters. The van der Waals surface area contributed by atoms with Crippen LogP contribution >= 0.6 is 0 Å². The molecule has 9 nitrogen and oxygen atoms in total. The molecule has 148 valence electrons. The van der Waals surface area contributed by atoms with E-state index in [4.69, 9.17) is 4.74 Å². The highest BCUT2D eigenvalue weighted by Gasteiger charge is 2.46. The maximum atomic E-state index is 12.7. The summed E-state index contributed by atoms with van der Waals surface area (Å²) in [5.74, 6) is -0.430. The van der Waals surface area contributed by atoms with Gasteiger partial charge in [-0.05, 0) is 38.2 Å². The van der Waals surface area contributed by atoms with Crippen LogP contribution in [0.4, 0.5) is 0 Å². The van der Waals surface area contributed by atoms with E-state index in [9.17, 15) is 18.0 Å². The second kappa shape index (κ2) is 6.68. The van der Waals surface area contributed by atoms with Gasteiger partial charge in [0, 0.05) is 26.1 Å². The summed E-state index contributed by atoms with van der Waals surface area (Å²) in [6, 6.07) is 1.31. The number of rotatable bonds is 5. The van der Waals surface area contributed by atoms with E-state index in [-0.39, 0.29) is 34.4 Å². The number of sulfonamides is 1. The Kier molecular flexibility index (Phi) is 4.59. The number of ketones is 1. The Morgan fingerprint density at radius 2 is 2.15 bits per heavy atom. The van der Waals surface area contributed by atoms with Crippen LogP contribution in [0.15, 0.2) is 6.07 Å². The summed E-state index contributed by atoms with van der Waals surface area (Å²) in [5, 5.41) is 6.23. The van der Waals surface area contributed by atoms with Gasteiger partial charge in [0.15, 0.2) is 5.78 Å². The van der Waals surface area contributed by atoms with Crippen molar-refractivity contribution in [2.45, 2.75) is 55.9 Å². The predicted molar refractivity (Wildman–Crippen MR) is 95.9 cm³/mol. The van der Waals surface area contributed by atoms with Crippen molar-refractivity contribution in [3.05, 3.63) is 17.5 Å². The maximum Gasteiger partial charge on any atom is 0.271 e. The Balaban J connectivity index is 1.41. The molecule has 1 amide bonds. The van der Waals surface area contributed by atoms with Crippen LogP contribution in [0.3, 0.4) is 0 Å². The van der Waals surface area contributed by atoms with E-state index in [2.05, 4.69) is 14.9 Å². The molecular formula is C17H24N4O5S. The minimum absolute atomic E-state index is 0.157. The zero-order chi connectivity index (χ0) is 19.2. The quantitative estimate of drug-likeness (QED) is 0.698. The number of likely N-dealkylation sites (tertiary alicyclic amines) is 1. The van der Waals surface area contributed by atoms with Gasteiger partial charge in [0.05, 0.1) is 17.4 Å². The zero-order valence-corrected chi connectivity index (χ0v) is 16.0. The average Bonchev–Trinajstić information content (AvgIpc) is 3.23. The Morgan fingerprint density at radius 1 is 1.37 bits per heavy atom. The molecule has 0 aromatic carbocycles. The van der Waals surface area contributed by atoms with Gasteiger partial charge < -0.3 is 9.64 Å². The van der Waals surface area contributed by atoms with Gasteiger partial charge in [0.25, 0.3) is 5.91 Å². The van der Waals surface area contributed by atoms with E-state index in [1.54, 1.807) is 4.90 Å². The number of carbonyl (C=O) groups excluding carboxylic acids is 2. The summed E-state index contributed by atoms with van der Waals surface area (Å²) >= 11 is 0. The molecule has 3 fully saturated rings. The van der Waals surface area contributed by atoms with Gasteiger partial charge in [0.2, 0.25) is 10.0 Å². The van der Waals surface area contributed by atoms with E-state index in [0.717, 1.165) is 12.8 Å². The molecule has 3 aliphatic rings. The molecule has 0 unspecified atom stereocenters. The van der Waals surface area contributed by atoms with E-state index < -0.39 is 15.6 Å². The molecule has 1 aliphatic carbocycles. The number of ether oxygens (including phenoxy) is 1. The minimum atomic E-state index is -3.24. The molecule has 4 rings (SSSR count). The predicted octanol–water partition coefficient (Wildman–Crippen LogP) is 0.458. The molecule has 10 heteroatoms. The van der Waals surface area contributed by atoms with Crippen molar-refractivity contribution in [3.8, 4) is 0 Å². The Bertz CT molecular complexity index is 862. The van der Waals surface area contributed by atoms with Crippen molar-refractivity contribution in [2.24, 2.45) is 0 Å². The fourth-order valence-corrected chi connectivity index (χ4v) is 5.53. The lowest BCUT2D eigenvalue weighted by Crippen LogP contribution is -2.50. The lowest BCUT2D eigenvalue weighted by molar-refractivity contribution is -0.0763. The van der Waals surface area contributed by atoms with Crippen molar-refractivity contribution < 1.29 is 22.7 Å². The van der Waals surface area contributed by atoms with Crippen LogP contribution in [0.5, 0.6) is 0 Å². The van der Waals surface area contributed by atoms with Crippen LogP contribution in [-0.4, -0.2) is 71.8 Å². The zero-order valence-electron chi connectivity index (χ0n) is 15.2. The van der Waals surface area contributed by atoms with Gasteiger partial charge in [-0.1, -0.05) is 0 Å². The second-order valence-corrected chi connectivity index (χ2v) is 9.78. The first-order valence-electron chi connectivity index (χ1n) is 9.29. The number of nitrogens with zero attached hydrogens (tertiary/aromatic N) is 2. The summed E-state index contributed by atoms with van der Waals surface area (Å²) in [6.07, 6.45) is 3.33. The molecular weight excluding hydrogens is 372 g/mol. The van der Waals surface area contributed by atoms with E-state index >= 15 is 0 Å². The lowest BCUT2D eigenvalue weighted by atomic mass is 9.90. The summed E-state index contributed by atoms with van der Waals surface area (Å²) in [6.45, 7) is 2.80. The van der Waals surface area contributed by atoms with Crippen LogP contribution in [-0.2, 0) is 14.8 Å². The molecule has 1 saturated carbocycles. The Morgan fingerprint density at radius 3 is 2.81 bits per heavy atom. The van der Waals surface area contributed by atoms with Crippen molar-refractivity contribution >= 4 is 21.7 Å². The number of aromatic amines is 1. The average molecular weight is 396 g/mol. The normalized spacial score (nSPS) is 28.6. The van der Waals surface area contributed by atoms with E-state index in [1.807, 2.05) is 0 Å². The van der Waals surface area contributed by atoms with Gasteiger partial charge in [-0.15, -0.1) is 0 Å². The van der Waals surface area contributed by atoms with Crippen LogP contribution in [0, 0.1) is 0 Å². The molecule has 2 N–H and O–H groups in total. The van der Waals surface area contributed by atoms with Crippen LogP contribution in [0.2, 0.25) is 0 Å². The second-order valence-electron chi connectivity index (χ2n) is 7.78. The number of Topliss-reactive ketones (excluding diaryl/α,β-unsaturated/α-hetero) is 1. The summed E-state index contributed by atoms with van der Waals surface area (Å²) in [4.78, 5) is 25.7. The third-order valence-corrected chi connectivity index (χ3v) is 7.57. The molecule has 2 saturated heterocycles. The summed E-state index contributed by atoms with van der Waals surface area (Å²) < 4.78 is 33.3. The van der Waals surface area contributed by atoms with Crippen molar-refractivity contribution in [1.82, 2.24) is 19.8 Å². The number of nitrogens with one attached hydrogen (secondary N) is 2. The Labute approximate surface area is 157 Å². The van der Waals surface area contributed by atoms with Gasteiger partial charge in [-0.2, -0.15) is 5.10 Å². The van der Waals surface area contributed by atoms with E-state index in [0.29, 0.717) is 39.0 Å². The van der Waals surface area contributed by atoms with Gasteiger partial charge in [-0.25, -0.2) is 13.1 Å². The standard InChI is InChI=1S/C17H24N4O5S/c1-11(22)14-8-15(19-18-14)16(23)21-6-5-17(10-21)9-12(4-7-26-17)20-27(24,25)13-2-3-13/h8,12-13,20H,2-7,9-10H2,1H3,(H,18,19)/t12-,17-/m1/s1. The molecule has 3 heterocycles. The van der Waals surface area contributed by atoms with Gasteiger partial charge in [-0.3, -0.25) is 14.7 Å². The molecule has 1 spiro atoms. The lowest BCUT2D eigenvalue weighted by Gasteiger charge is -2.38. The smallest absolute Gasteiger partial charge is 0.271 e. The molecule has 27 heavy (non-hydrogen) atoms. The number of H-pyrrole nitrogens is 1. The molecule has 0 bridgehead atoms.